The number of nitrogens with two attached hydrogens (primary N) is 2. The Kier molecular flexibility index (Phi) is 29.6. The van der Waals surface area contributed by atoms with Crippen molar-refractivity contribution in [2.24, 2.45) is 58.8 Å². The molecule has 8 N–H and O–H groups in total. The maximum atomic E-state index is 12.6. The van der Waals surface area contributed by atoms with Gasteiger partial charge in [-0.1, -0.05) is 104 Å². The van der Waals surface area contributed by atoms with Crippen LogP contribution in [0.15, 0.2) is 110 Å². The van der Waals surface area contributed by atoms with Gasteiger partial charge in [-0.2, -0.15) is 0 Å². The van der Waals surface area contributed by atoms with Crippen molar-refractivity contribution >= 4 is 68.1 Å². The van der Waals surface area contributed by atoms with Gasteiger partial charge in [0.15, 0.2) is 0 Å². The maximum absolute atomic E-state index is 12.6. The molecule has 0 radical (unpaired) electrons. The number of carboxylic acids is 1. The molecule has 468 valence electrons. The number of carbonyl (C=O) groups excluding carboxylic acids is 5. The Morgan fingerprint density at radius 3 is 1.07 bits per heavy atom. The summed E-state index contributed by atoms with van der Waals surface area (Å²) in [5.41, 5.74) is 18.2. The van der Waals surface area contributed by atoms with E-state index in [-0.39, 0.29) is 72.6 Å². The van der Waals surface area contributed by atoms with Crippen LogP contribution < -0.4 is 17.6 Å². The molecule has 3 aliphatic carbocycles. The highest BCUT2D eigenvalue weighted by molar-refractivity contribution is 5.87. The zero-order chi connectivity index (χ0) is 60.9. The molecule has 1 amide bonds. The van der Waals surface area contributed by atoms with Gasteiger partial charge in [-0.05, 0) is 183 Å². The fraction of sp³-hybridized carbons (Fsp3) is 0.535. The second kappa shape index (κ2) is 35.6. The third-order valence-electron chi connectivity index (χ3n) is 18.0. The van der Waals surface area contributed by atoms with E-state index in [0.717, 1.165) is 93.6 Å². The van der Waals surface area contributed by atoms with Crippen LogP contribution in [0.4, 0.5) is 0 Å². The van der Waals surface area contributed by atoms with Crippen LogP contribution in [-0.4, -0.2) is 75.7 Å². The summed E-state index contributed by atoms with van der Waals surface area (Å²) in [4.78, 5) is 83.2. The van der Waals surface area contributed by atoms with E-state index in [2.05, 4.69) is 92.5 Å². The molecule has 9 rings (SSSR count). The van der Waals surface area contributed by atoms with Gasteiger partial charge in [0.1, 0.15) is 17.6 Å². The number of hydrogen-bond acceptors (Lipinski definition) is 13. The molecule has 15 heteroatoms. The van der Waals surface area contributed by atoms with Gasteiger partial charge in [-0.15, -0.1) is 0 Å². The number of aliphatic carboxylic acids is 1. The number of carbonyl (C=O) groups is 6. The number of aromatic nitrogens is 3. The topological polar surface area (TPSA) is 267 Å². The third kappa shape index (κ3) is 20.9. The lowest BCUT2D eigenvalue weighted by atomic mass is 9.75. The predicted molar refractivity (Wildman–Crippen MR) is 345 cm³/mol. The summed E-state index contributed by atoms with van der Waals surface area (Å²) in [6.07, 6.45) is 20.7. The summed E-state index contributed by atoms with van der Waals surface area (Å²) in [6.45, 7) is 11.6. The lowest BCUT2D eigenvalue weighted by molar-refractivity contribution is -0.149. The van der Waals surface area contributed by atoms with E-state index in [0.29, 0.717) is 67.6 Å². The molecule has 0 unspecified atom stereocenters. The number of pyridine rings is 3. The van der Waals surface area contributed by atoms with Crippen molar-refractivity contribution in [3.63, 3.8) is 0 Å². The van der Waals surface area contributed by atoms with Crippen LogP contribution in [0, 0.1) is 47.3 Å². The molecule has 3 fully saturated rings. The van der Waals surface area contributed by atoms with E-state index in [1.54, 1.807) is 0 Å². The number of hydrogen-bond donors (Lipinski definition) is 4. The van der Waals surface area contributed by atoms with Gasteiger partial charge in [0.25, 0.3) is 0 Å². The lowest BCUT2D eigenvalue weighted by Crippen LogP contribution is -2.36. The van der Waals surface area contributed by atoms with Crippen LogP contribution in [0.1, 0.15) is 193 Å². The van der Waals surface area contributed by atoms with Crippen molar-refractivity contribution in [2.45, 2.75) is 182 Å². The van der Waals surface area contributed by atoms with E-state index in [4.69, 9.17) is 21.3 Å². The number of para-hydroxylation sites is 3. The lowest BCUT2D eigenvalue weighted by Gasteiger charge is -2.29. The highest BCUT2D eigenvalue weighted by atomic mass is 16.5. The van der Waals surface area contributed by atoms with Gasteiger partial charge in [0.05, 0.1) is 36.7 Å². The molecule has 6 aromatic rings. The van der Waals surface area contributed by atoms with Gasteiger partial charge in [-0.3, -0.25) is 43.7 Å². The Hall–Kier alpha value is -6.97. The number of methoxy groups -OCH3 is 2. The molecule has 0 spiro atoms. The molecule has 3 aromatic heterocycles. The molecule has 3 aliphatic rings. The monoisotopic (exact) mass is 1180 g/mol. The van der Waals surface area contributed by atoms with Crippen molar-refractivity contribution in [3.8, 4) is 0 Å². The number of ketones is 2. The Bertz CT molecular complexity index is 3090. The Labute approximate surface area is 511 Å². The van der Waals surface area contributed by atoms with Crippen molar-refractivity contribution in [3.05, 3.63) is 126 Å². The first kappa shape index (κ1) is 71.5. The molecule has 86 heavy (non-hydrogen) atoms. The second-order valence-electron chi connectivity index (χ2n) is 24.8. The summed E-state index contributed by atoms with van der Waals surface area (Å²) in [5.74, 6) is 1.33. The predicted octanol–water partition coefficient (Wildman–Crippen LogP) is 14.8. The number of rotatable bonds is 19. The normalized spacial score (nSPS) is 20.2. The number of esters is 2. The molecular formula is C71H100N6O9. The molecule has 0 bridgehead atoms. The van der Waals surface area contributed by atoms with E-state index < -0.39 is 12.0 Å². The molecule has 0 saturated heterocycles. The Balaban J connectivity index is 0.000000257. The van der Waals surface area contributed by atoms with Crippen LogP contribution in [0.25, 0.3) is 32.7 Å². The number of amides is 1. The zero-order valence-corrected chi connectivity index (χ0v) is 51.8. The maximum Gasteiger partial charge on any atom is 0.322 e. The van der Waals surface area contributed by atoms with Gasteiger partial charge in [0, 0.05) is 72.8 Å². The standard InChI is InChI=1S/C24H31NO3.C23H30N2O2.C17H19NO2.C6H13NO2.CH4.H3N/c1-16(2)22(24(27)28-3)15-19(26)14-17-8-10-18(11-9-17)20-12-13-25-23-7-5-4-6-21(20)23;1-15(2)21(23(24)27)14-18(26)13-16-7-9-17(10-8-16)19-11-12-25-22-6-4-3-5-20(19)22;19-17(20)11-12-5-7-13(8-6-12)14-9-10-18-16-4-2-1-3-15(14)16;1-4(2)5(7)6(8)9-3;;/h4-7,12-13,16-18,22H,8-11,14-15H2,1-3H3;3-6,11-12,15-17,21H,7-10,13-14H2,1-2H3,(H2,24,27);1-4,9-10,12-13H,5-8,11H2,(H,19,20);4-5H,7H2,1-3H3;1H4;1H3/t17?,18?,22-;16?,17?,21-;;5-;;/m00.0../s1. The molecule has 3 saturated carbocycles. The molecule has 3 heterocycles. The fourth-order valence-electron chi connectivity index (χ4n) is 12.8. The number of fused-ring (bicyclic) bond motifs is 3. The van der Waals surface area contributed by atoms with Gasteiger partial charge in [0.2, 0.25) is 5.91 Å². The highest BCUT2D eigenvalue weighted by Gasteiger charge is 2.31. The summed E-state index contributed by atoms with van der Waals surface area (Å²) in [6, 6.07) is 30.9. The zero-order valence-electron chi connectivity index (χ0n) is 51.8. The quantitative estimate of drug-likeness (QED) is 0.0550. The van der Waals surface area contributed by atoms with Crippen LogP contribution in [-0.2, 0) is 38.2 Å². The van der Waals surface area contributed by atoms with Crippen molar-refractivity contribution < 1.29 is 43.3 Å². The minimum absolute atomic E-state index is 0. The van der Waals surface area contributed by atoms with Crippen LogP contribution in [0.5, 0.6) is 0 Å². The largest absolute Gasteiger partial charge is 0.481 e. The summed E-state index contributed by atoms with van der Waals surface area (Å²) in [5, 5.41) is 12.6. The summed E-state index contributed by atoms with van der Waals surface area (Å²) < 4.78 is 9.28. The van der Waals surface area contributed by atoms with Crippen molar-refractivity contribution in [1.29, 1.82) is 0 Å². The Morgan fingerprint density at radius 1 is 0.477 bits per heavy atom. The summed E-state index contributed by atoms with van der Waals surface area (Å²) in [7, 11) is 2.73. The molecule has 15 nitrogen and oxygen atoms in total. The number of Topliss-reactive ketones (excluding diaryl/α,β-unsaturated/α-hetero) is 2. The smallest absolute Gasteiger partial charge is 0.322 e. The van der Waals surface area contributed by atoms with Gasteiger partial charge >= 0.3 is 17.9 Å². The number of nitrogens with zero attached hydrogens (tertiary/aromatic N) is 3. The Morgan fingerprint density at radius 2 is 0.791 bits per heavy atom. The first-order valence-corrected chi connectivity index (χ1v) is 30.7. The van der Waals surface area contributed by atoms with Crippen LogP contribution in [0.2, 0.25) is 0 Å². The first-order valence-electron chi connectivity index (χ1n) is 30.7. The van der Waals surface area contributed by atoms with E-state index in [9.17, 15) is 28.8 Å². The highest BCUT2D eigenvalue weighted by Crippen LogP contribution is 2.42. The minimum atomic E-state index is -0.664. The SMILES string of the molecule is C.CC(C)[C@H](CC(=O)CC1CCC(c2ccnc3ccccc23)CC1)C(N)=O.COC(=O)[C@@H](CC(=O)CC1CCC(c2ccnc3ccccc23)CC1)C(C)C.COC(=O)[C@@H](N)C(C)C.N.O=C(O)CC1CCC(c2ccnc3ccccc23)CC1. The number of benzene rings is 3. The molecule has 0 aliphatic heterocycles. The van der Waals surface area contributed by atoms with E-state index in [1.807, 2.05) is 78.3 Å². The van der Waals surface area contributed by atoms with E-state index >= 15 is 0 Å². The molecular weight excluding hydrogens is 1080 g/mol. The number of carboxylic acid groups (broad SMARTS) is 1. The van der Waals surface area contributed by atoms with Crippen LogP contribution >= 0.6 is 0 Å². The first-order chi connectivity index (χ1) is 40.3. The average Bonchev–Trinajstić information content (AvgIpc) is 2.01. The summed E-state index contributed by atoms with van der Waals surface area (Å²) >= 11 is 0. The van der Waals surface area contributed by atoms with Crippen molar-refractivity contribution in [2.75, 3.05) is 14.2 Å². The van der Waals surface area contributed by atoms with Crippen LogP contribution in [0.3, 0.4) is 0 Å². The van der Waals surface area contributed by atoms with Gasteiger partial charge < -0.3 is 32.2 Å². The number of ether oxygens (including phenoxy) is 2. The third-order valence-corrected chi connectivity index (χ3v) is 18.0. The second-order valence-corrected chi connectivity index (χ2v) is 24.8. The molecule has 3 atom stereocenters. The van der Waals surface area contributed by atoms with Crippen molar-refractivity contribution in [1.82, 2.24) is 21.1 Å². The van der Waals surface area contributed by atoms with E-state index in [1.165, 1.54) is 47.1 Å². The minimum Gasteiger partial charge on any atom is -0.481 e. The number of primary amides is 1. The fourth-order valence-corrected chi connectivity index (χ4v) is 12.8. The molecule has 3 aromatic carbocycles. The van der Waals surface area contributed by atoms with Gasteiger partial charge in [-0.25, -0.2) is 0 Å². The average molecular weight is 1180 g/mol.